The van der Waals surface area contributed by atoms with E-state index >= 15 is 0 Å². The Kier molecular flexibility index (Phi) is 17.0. The molecule has 0 bridgehead atoms. The molecular weight excluding hydrogens is 879 g/mol. The summed E-state index contributed by atoms with van der Waals surface area (Å²) in [6, 6.07) is 21.1. The number of carbonyl (C=O) groups is 4. The molecule has 60 heavy (non-hydrogen) atoms. The van der Waals surface area contributed by atoms with Gasteiger partial charge in [0.25, 0.3) is 0 Å². The lowest BCUT2D eigenvalue weighted by Crippen LogP contribution is -2.36. The highest BCUT2D eigenvalue weighted by Gasteiger charge is 2.43. The van der Waals surface area contributed by atoms with Crippen LogP contribution in [-0.4, -0.2) is 49.2 Å². The molecule has 0 amide bonds. The second kappa shape index (κ2) is 21.2. The van der Waals surface area contributed by atoms with E-state index in [1.807, 2.05) is 58.0 Å². The minimum Gasteiger partial charge on any atom is -0.457 e. The first-order chi connectivity index (χ1) is 28.4. The van der Waals surface area contributed by atoms with Crippen LogP contribution in [-0.2, 0) is 38.9 Å². The number of halogens is 1. The molecule has 0 heterocycles. The van der Waals surface area contributed by atoms with Gasteiger partial charge in [-0.15, -0.1) is 0 Å². The summed E-state index contributed by atoms with van der Waals surface area (Å²) in [5, 5.41) is 0. The molecule has 1 aliphatic carbocycles. The summed E-state index contributed by atoms with van der Waals surface area (Å²) in [5.74, 6) is -1.42. The number of carbonyl (C=O) groups excluding carboxylic acids is 4. The molecule has 0 N–H and O–H groups in total. The molecule has 3 aromatic carbocycles. The average Bonchev–Trinajstić information content (AvgIpc) is 3.69. The lowest BCUT2D eigenvalue weighted by Gasteiger charge is -2.33. The first kappa shape index (κ1) is 48.0. The number of esters is 4. The Morgan fingerprint density at radius 2 is 1.42 bits per heavy atom. The van der Waals surface area contributed by atoms with Crippen LogP contribution in [0.5, 0.6) is 17.2 Å². The van der Waals surface area contributed by atoms with E-state index in [1.165, 1.54) is 0 Å². The standard InChI is InChI=1S/C48H59IO11/c1-11-47(10,41(33(6)42(50)57-34(7)54-13-3)31(4)32(5)43(51)60-48(12-2)27-17-18-28-48)45(53)58-38-24-22-37(23-25-38)55-30-56-40-29-36(49)21-26-39(40)44(52)59-46(8,9)35-19-15-14-16-20-35/h14-16,19-26,29,34H,11-13,17-18,27-28,30H2,1-10H3/b32-31+,41-33+. The molecule has 12 heteroatoms. The molecule has 3 aromatic rings. The molecule has 1 aliphatic rings. The van der Waals surface area contributed by atoms with Gasteiger partial charge in [0, 0.05) is 21.3 Å². The number of ether oxygens (including phenoxy) is 7. The third kappa shape index (κ3) is 12.0. The Morgan fingerprint density at radius 3 is 2.02 bits per heavy atom. The third-order valence-electron chi connectivity index (χ3n) is 11.2. The van der Waals surface area contributed by atoms with E-state index in [1.54, 1.807) is 84.0 Å². The van der Waals surface area contributed by atoms with E-state index in [2.05, 4.69) is 22.6 Å². The molecule has 0 spiro atoms. The average molecular weight is 939 g/mol. The largest absolute Gasteiger partial charge is 0.457 e. The van der Waals surface area contributed by atoms with Crippen LogP contribution in [0.15, 0.2) is 95.1 Å². The number of allylic oxidation sites excluding steroid dienone is 1. The van der Waals surface area contributed by atoms with E-state index in [0.29, 0.717) is 35.7 Å². The summed E-state index contributed by atoms with van der Waals surface area (Å²) in [5.41, 5.74) is -0.531. The van der Waals surface area contributed by atoms with Crippen LogP contribution in [0.1, 0.15) is 124 Å². The van der Waals surface area contributed by atoms with Gasteiger partial charge in [-0.3, -0.25) is 4.79 Å². The summed E-state index contributed by atoms with van der Waals surface area (Å²) in [6.07, 6.45) is 3.64. The first-order valence-electron chi connectivity index (χ1n) is 20.5. The topological polar surface area (TPSA) is 133 Å². The lowest BCUT2D eigenvalue weighted by atomic mass is 9.73. The maximum absolute atomic E-state index is 14.3. The molecule has 0 aliphatic heterocycles. The van der Waals surface area contributed by atoms with Crippen molar-refractivity contribution < 1.29 is 52.3 Å². The Balaban J connectivity index is 1.52. The van der Waals surface area contributed by atoms with E-state index in [0.717, 1.165) is 34.8 Å². The van der Waals surface area contributed by atoms with Crippen molar-refractivity contribution in [2.75, 3.05) is 13.4 Å². The van der Waals surface area contributed by atoms with Crippen LogP contribution in [0, 0.1) is 8.99 Å². The van der Waals surface area contributed by atoms with Gasteiger partial charge in [0.05, 0.1) is 5.41 Å². The SMILES string of the molecule is CCOC(C)OC(=O)/C(C)=C(\C(C)=C(/C)C(=O)OC1(CC)CCCC1)C(C)(CC)C(=O)Oc1ccc(OCOc2cc(I)ccc2C(=O)OC(C)(C)c2ccccc2)cc1. The van der Waals surface area contributed by atoms with Gasteiger partial charge in [-0.1, -0.05) is 44.2 Å². The van der Waals surface area contributed by atoms with E-state index in [-0.39, 0.29) is 35.7 Å². The van der Waals surface area contributed by atoms with Crippen LogP contribution in [0.4, 0.5) is 0 Å². The van der Waals surface area contributed by atoms with Crippen molar-refractivity contribution in [2.45, 2.75) is 125 Å². The first-order valence-corrected chi connectivity index (χ1v) is 21.6. The highest BCUT2D eigenvalue weighted by atomic mass is 127. The zero-order valence-electron chi connectivity index (χ0n) is 36.5. The fourth-order valence-corrected chi connectivity index (χ4v) is 7.72. The maximum Gasteiger partial charge on any atom is 0.342 e. The van der Waals surface area contributed by atoms with Crippen LogP contribution in [0.2, 0.25) is 0 Å². The van der Waals surface area contributed by atoms with Crippen molar-refractivity contribution in [3.05, 3.63) is 110 Å². The van der Waals surface area contributed by atoms with Gasteiger partial charge in [-0.05, 0) is 176 Å². The fraction of sp³-hybridized carbons (Fsp3) is 0.458. The molecule has 0 aromatic heterocycles. The van der Waals surface area contributed by atoms with Crippen molar-refractivity contribution in [3.63, 3.8) is 0 Å². The Labute approximate surface area is 368 Å². The van der Waals surface area contributed by atoms with Gasteiger partial charge in [-0.25, -0.2) is 14.4 Å². The molecule has 11 nitrogen and oxygen atoms in total. The summed E-state index contributed by atoms with van der Waals surface area (Å²) in [4.78, 5) is 54.9. The second-order valence-electron chi connectivity index (χ2n) is 15.7. The molecule has 1 fully saturated rings. The minimum atomic E-state index is -1.40. The number of rotatable bonds is 19. The third-order valence-corrected chi connectivity index (χ3v) is 11.9. The van der Waals surface area contributed by atoms with E-state index in [9.17, 15) is 19.2 Å². The monoisotopic (exact) mass is 938 g/mol. The smallest absolute Gasteiger partial charge is 0.342 e. The van der Waals surface area contributed by atoms with E-state index < -0.39 is 46.8 Å². The predicted octanol–water partition coefficient (Wildman–Crippen LogP) is 11.0. The number of benzene rings is 3. The molecule has 0 radical (unpaired) electrons. The molecule has 4 rings (SSSR count). The summed E-state index contributed by atoms with van der Waals surface area (Å²) in [7, 11) is 0. The van der Waals surface area contributed by atoms with Crippen molar-refractivity contribution in [1.82, 2.24) is 0 Å². The van der Waals surface area contributed by atoms with Crippen LogP contribution in [0.25, 0.3) is 0 Å². The van der Waals surface area contributed by atoms with Gasteiger partial charge >= 0.3 is 23.9 Å². The highest BCUT2D eigenvalue weighted by Crippen LogP contribution is 2.42. The zero-order valence-corrected chi connectivity index (χ0v) is 38.7. The fourth-order valence-electron chi connectivity index (χ4n) is 7.26. The van der Waals surface area contributed by atoms with Crippen molar-refractivity contribution in [2.24, 2.45) is 5.41 Å². The molecule has 0 saturated heterocycles. The van der Waals surface area contributed by atoms with Gasteiger partial charge in [-0.2, -0.15) is 0 Å². The Bertz CT molecular complexity index is 2050. The summed E-state index contributed by atoms with van der Waals surface area (Å²) < 4.78 is 41.7. The van der Waals surface area contributed by atoms with Gasteiger partial charge in [0.15, 0.2) is 6.29 Å². The maximum atomic E-state index is 14.3. The van der Waals surface area contributed by atoms with Crippen LogP contribution in [0.3, 0.4) is 0 Å². The van der Waals surface area contributed by atoms with Gasteiger partial charge in [0.2, 0.25) is 6.79 Å². The molecule has 2 unspecified atom stereocenters. The molecular formula is C48H59IO11. The van der Waals surface area contributed by atoms with Crippen molar-refractivity contribution in [1.29, 1.82) is 0 Å². The van der Waals surface area contributed by atoms with Crippen molar-refractivity contribution in [3.8, 4) is 17.2 Å². The molecule has 1 saturated carbocycles. The van der Waals surface area contributed by atoms with E-state index in [4.69, 9.17) is 33.2 Å². The Hall–Kier alpha value is -4.69. The number of hydrogen-bond donors (Lipinski definition) is 0. The minimum absolute atomic E-state index is 0.145. The summed E-state index contributed by atoms with van der Waals surface area (Å²) >= 11 is 2.14. The Morgan fingerprint density at radius 1 is 0.783 bits per heavy atom. The molecule has 324 valence electrons. The van der Waals surface area contributed by atoms with Crippen LogP contribution < -0.4 is 14.2 Å². The van der Waals surface area contributed by atoms with Crippen molar-refractivity contribution >= 4 is 46.5 Å². The van der Waals surface area contributed by atoms with Gasteiger partial charge in [0.1, 0.15) is 34.0 Å². The zero-order chi connectivity index (χ0) is 44.3. The predicted molar refractivity (Wildman–Crippen MR) is 236 cm³/mol. The normalized spacial score (nSPS) is 16.0. The quantitative estimate of drug-likeness (QED) is 0.0216. The second-order valence-corrected chi connectivity index (χ2v) is 16.9. The van der Waals surface area contributed by atoms with Crippen LogP contribution >= 0.6 is 22.6 Å². The molecule has 2 atom stereocenters. The number of hydrogen-bond acceptors (Lipinski definition) is 11. The summed E-state index contributed by atoms with van der Waals surface area (Å²) in [6.45, 7) is 17.6. The lowest BCUT2D eigenvalue weighted by molar-refractivity contribution is -0.169. The van der Waals surface area contributed by atoms with Gasteiger partial charge < -0.3 is 33.2 Å². The highest BCUT2D eigenvalue weighted by molar-refractivity contribution is 14.1.